The van der Waals surface area contributed by atoms with Gasteiger partial charge in [-0.05, 0) is 43.7 Å². The van der Waals surface area contributed by atoms with Crippen LogP contribution >= 0.6 is 0 Å². The van der Waals surface area contributed by atoms with Gasteiger partial charge in [0.1, 0.15) is 17.6 Å². The SMILES string of the molecule is CCOc1ccc(OC(C)(c2ccccc2)C(CN)OC)cc1. The van der Waals surface area contributed by atoms with Gasteiger partial charge in [0.25, 0.3) is 0 Å². The molecule has 2 atom stereocenters. The van der Waals surface area contributed by atoms with E-state index in [0.29, 0.717) is 13.2 Å². The third-order valence-electron chi connectivity index (χ3n) is 3.92. The molecule has 2 aromatic carbocycles. The van der Waals surface area contributed by atoms with Gasteiger partial charge < -0.3 is 19.9 Å². The van der Waals surface area contributed by atoms with Crippen LogP contribution in [0.4, 0.5) is 0 Å². The van der Waals surface area contributed by atoms with Gasteiger partial charge >= 0.3 is 0 Å². The number of benzene rings is 2. The Morgan fingerprint density at radius 1 is 1.00 bits per heavy atom. The van der Waals surface area contributed by atoms with E-state index in [4.69, 9.17) is 19.9 Å². The highest BCUT2D eigenvalue weighted by Crippen LogP contribution is 2.33. The third kappa shape index (κ3) is 4.03. The first-order valence-electron chi connectivity index (χ1n) is 7.84. The van der Waals surface area contributed by atoms with Crippen molar-refractivity contribution in [2.75, 3.05) is 20.3 Å². The van der Waals surface area contributed by atoms with Crippen LogP contribution in [0.3, 0.4) is 0 Å². The molecule has 0 aliphatic rings. The number of nitrogens with two attached hydrogens (primary N) is 1. The maximum absolute atomic E-state index is 6.30. The van der Waals surface area contributed by atoms with Crippen molar-refractivity contribution in [3.8, 4) is 11.5 Å². The lowest BCUT2D eigenvalue weighted by Gasteiger charge is -2.37. The maximum atomic E-state index is 6.30. The van der Waals surface area contributed by atoms with Crippen LogP contribution < -0.4 is 15.2 Å². The molecule has 0 amide bonds. The second-order valence-corrected chi connectivity index (χ2v) is 5.44. The van der Waals surface area contributed by atoms with Crippen LogP contribution in [0.25, 0.3) is 0 Å². The Hall–Kier alpha value is -2.04. The summed E-state index contributed by atoms with van der Waals surface area (Å²) in [6.07, 6.45) is -0.267. The summed E-state index contributed by atoms with van der Waals surface area (Å²) in [6.45, 7) is 4.96. The first-order chi connectivity index (χ1) is 11.1. The Labute approximate surface area is 138 Å². The Kier molecular flexibility index (Phi) is 6.02. The topological polar surface area (TPSA) is 53.7 Å². The number of hydrogen-bond acceptors (Lipinski definition) is 4. The lowest BCUT2D eigenvalue weighted by atomic mass is 9.89. The molecule has 0 saturated heterocycles. The summed E-state index contributed by atoms with van der Waals surface area (Å²) >= 11 is 0. The van der Waals surface area contributed by atoms with Gasteiger partial charge in [0.05, 0.1) is 6.61 Å². The van der Waals surface area contributed by atoms with Crippen LogP contribution in [-0.4, -0.2) is 26.4 Å². The molecule has 2 N–H and O–H groups in total. The summed E-state index contributed by atoms with van der Waals surface area (Å²) in [5.41, 5.74) is 6.24. The predicted molar refractivity (Wildman–Crippen MR) is 91.9 cm³/mol. The first-order valence-corrected chi connectivity index (χ1v) is 7.84. The van der Waals surface area contributed by atoms with Crippen molar-refractivity contribution < 1.29 is 14.2 Å². The highest BCUT2D eigenvalue weighted by Gasteiger charge is 2.38. The van der Waals surface area contributed by atoms with Gasteiger partial charge in [-0.1, -0.05) is 30.3 Å². The van der Waals surface area contributed by atoms with E-state index in [1.807, 2.05) is 68.4 Å². The summed E-state index contributed by atoms with van der Waals surface area (Å²) < 4.78 is 17.3. The Morgan fingerprint density at radius 3 is 2.13 bits per heavy atom. The lowest BCUT2D eigenvalue weighted by molar-refractivity contribution is -0.0637. The van der Waals surface area contributed by atoms with E-state index >= 15 is 0 Å². The quantitative estimate of drug-likeness (QED) is 0.811. The molecule has 2 rings (SSSR count). The van der Waals surface area contributed by atoms with E-state index in [1.165, 1.54) is 0 Å². The van der Waals surface area contributed by atoms with Crippen molar-refractivity contribution in [2.45, 2.75) is 25.6 Å². The Bertz CT molecular complexity index is 581. The molecule has 0 radical (unpaired) electrons. The van der Waals surface area contributed by atoms with Crippen LogP contribution in [0, 0.1) is 0 Å². The summed E-state index contributed by atoms with van der Waals surface area (Å²) in [6, 6.07) is 17.6. The standard InChI is InChI=1S/C19H25NO3/c1-4-22-16-10-12-17(13-11-16)23-19(2,18(14-20)21-3)15-8-6-5-7-9-15/h5-13,18H,4,14,20H2,1-3H3. The Balaban J connectivity index is 2.31. The van der Waals surface area contributed by atoms with Crippen LogP contribution in [0.15, 0.2) is 54.6 Å². The second-order valence-electron chi connectivity index (χ2n) is 5.44. The third-order valence-corrected chi connectivity index (χ3v) is 3.92. The van der Waals surface area contributed by atoms with E-state index in [2.05, 4.69) is 0 Å². The first kappa shape index (κ1) is 17.3. The maximum Gasteiger partial charge on any atom is 0.158 e. The molecule has 0 aliphatic carbocycles. The van der Waals surface area contributed by atoms with E-state index in [0.717, 1.165) is 17.1 Å². The van der Waals surface area contributed by atoms with Gasteiger partial charge in [0.2, 0.25) is 0 Å². The largest absolute Gasteiger partial charge is 0.494 e. The highest BCUT2D eigenvalue weighted by atomic mass is 16.5. The molecule has 0 spiro atoms. The molecular weight excluding hydrogens is 290 g/mol. The average Bonchev–Trinajstić information content (AvgIpc) is 2.59. The fourth-order valence-electron chi connectivity index (χ4n) is 2.64. The molecule has 0 fully saturated rings. The van der Waals surface area contributed by atoms with Gasteiger partial charge in [0.15, 0.2) is 5.60 Å². The molecule has 124 valence electrons. The van der Waals surface area contributed by atoms with Crippen molar-refractivity contribution in [3.63, 3.8) is 0 Å². The summed E-state index contributed by atoms with van der Waals surface area (Å²) in [7, 11) is 1.65. The zero-order chi connectivity index (χ0) is 16.7. The molecule has 0 aliphatic heterocycles. The molecule has 4 heteroatoms. The number of methoxy groups -OCH3 is 1. The van der Waals surface area contributed by atoms with Crippen molar-refractivity contribution in [1.29, 1.82) is 0 Å². The molecule has 2 unspecified atom stereocenters. The summed E-state index contributed by atoms with van der Waals surface area (Å²) in [4.78, 5) is 0. The fraction of sp³-hybridized carbons (Fsp3) is 0.368. The fourth-order valence-corrected chi connectivity index (χ4v) is 2.64. The predicted octanol–water partition coefficient (Wildman–Crippen LogP) is 3.35. The Morgan fingerprint density at radius 2 is 1.61 bits per heavy atom. The second kappa shape index (κ2) is 7.99. The van der Waals surface area contributed by atoms with Gasteiger partial charge in [0, 0.05) is 13.7 Å². The van der Waals surface area contributed by atoms with Crippen molar-refractivity contribution >= 4 is 0 Å². The van der Waals surface area contributed by atoms with Crippen LogP contribution in [0.2, 0.25) is 0 Å². The van der Waals surface area contributed by atoms with E-state index < -0.39 is 5.60 Å². The van der Waals surface area contributed by atoms with Gasteiger partial charge in [-0.25, -0.2) is 0 Å². The average molecular weight is 315 g/mol. The minimum Gasteiger partial charge on any atom is -0.494 e. The zero-order valence-corrected chi connectivity index (χ0v) is 14.0. The zero-order valence-electron chi connectivity index (χ0n) is 14.0. The molecule has 0 bridgehead atoms. The molecule has 23 heavy (non-hydrogen) atoms. The molecule has 0 aromatic heterocycles. The van der Waals surface area contributed by atoms with Gasteiger partial charge in [-0.3, -0.25) is 0 Å². The van der Waals surface area contributed by atoms with Crippen LogP contribution in [0.5, 0.6) is 11.5 Å². The van der Waals surface area contributed by atoms with Crippen LogP contribution in [-0.2, 0) is 10.3 Å². The normalized spacial score (nSPS) is 14.8. The molecular formula is C19H25NO3. The lowest BCUT2D eigenvalue weighted by Crippen LogP contribution is -2.47. The minimum absolute atomic E-state index is 0.267. The van der Waals surface area contributed by atoms with E-state index in [1.54, 1.807) is 7.11 Å². The summed E-state index contributed by atoms with van der Waals surface area (Å²) in [5.74, 6) is 1.57. The number of hydrogen-bond donors (Lipinski definition) is 1. The molecule has 4 nitrogen and oxygen atoms in total. The highest BCUT2D eigenvalue weighted by molar-refractivity contribution is 5.33. The van der Waals surface area contributed by atoms with Crippen molar-refractivity contribution in [2.24, 2.45) is 5.73 Å². The van der Waals surface area contributed by atoms with E-state index in [-0.39, 0.29) is 6.10 Å². The molecule has 2 aromatic rings. The minimum atomic E-state index is -0.683. The monoisotopic (exact) mass is 315 g/mol. The van der Waals surface area contributed by atoms with Crippen molar-refractivity contribution in [1.82, 2.24) is 0 Å². The summed E-state index contributed by atoms with van der Waals surface area (Å²) in [5, 5.41) is 0. The molecule has 0 heterocycles. The number of rotatable bonds is 8. The van der Waals surface area contributed by atoms with Gasteiger partial charge in [-0.2, -0.15) is 0 Å². The smallest absolute Gasteiger partial charge is 0.158 e. The van der Waals surface area contributed by atoms with Crippen LogP contribution in [0.1, 0.15) is 19.4 Å². The number of ether oxygens (including phenoxy) is 3. The van der Waals surface area contributed by atoms with Gasteiger partial charge in [-0.15, -0.1) is 0 Å². The molecule has 0 saturated carbocycles. The van der Waals surface area contributed by atoms with E-state index in [9.17, 15) is 0 Å². The van der Waals surface area contributed by atoms with Crippen molar-refractivity contribution in [3.05, 3.63) is 60.2 Å².